The van der Waals surface area contributed by atoms with Crippen LogP contribution in [0.2, 0.25) is 0 Å². The molecule has 0 fully saturated rings. The lowest BCUT2D eigenvalue weighted by Gasteiger charge is -2.17. The predicted molar refractivity (Wildman–Crippen MR) is 59.5 cm³/mol. The van der Waals surface area contributed by atoms with E-state index in [1.165, 1.54) is 0 Å². The maximum absolute atomic E-state index is 5.89. The topological polar surface area (TPSA) is 35.2 Å². The highest BCUT2D eigenvalue weighted by Gasteiger charge is 2.08. The quantitative estimate of drug-likeness (QED) is 0.796. The average Bonchev–Trinajstić information content (AvgIpc) is 2.16. The Kier molecular flexibility index (Phi) is 3.96. The Labute approximate surface area is 86.1 Å². The number of hydrogen-bond donors (Lipinski definition) is 1. The van der Waals surface area contributed by atoms with Crippen molar-refractivity contribution in [1.29, 1.82) is 0 Å². The summed E-state index contributed by atoms with van der Waals surface area (Å²) in [7, 11) is 0. The lowest BCUT2D eigenvalue weighted by atomic mass is 10.1. The Morgan fingerprint density at radius 3 is 2.50 bits per heavy atom. The van der Waals surface area contributed by atoms with Crippen LogP contribution >= 0.6 is 0 Å². The first-order chi connectivity index (χ1) is 6.61. The third-order valence-corrected chi connectivity index (χ3v) is 2.38. The zero-order valence-corrected chi connectivity index (χ0v) is 9.16. The van der Waals surface area contributed by atoms with E-state index in [2.05, 4.69) is 13.8 Å². The summed E-state index contributed by atoms with van der Waals surface area (Å²) in [6.07, 6.45) is 0. The van der Waals surface area contributed by atoms with Crippen LogP contribution in [0.3, 0.4) is 0 Å². The molecule has 0 spiro atoms. The van der Waals surface area contributed by atoms with E-state index in [9.17, 15) is 0 Å². The molecule has 1 aromatic carbocycles. The Bertz CT molecular complexity index is 283. The Hall–Kier alpha value is -1.02. The van der Waals surface area contributed by atoms with Crippen LogP contribution in [-0.2, 0) is 0 Å². The van der Waals surface area contributed by atoms with Crippen LogP contribution in [0.25, 0.3) is 0 Å². The molecule has 0 saturated heterocycles. The van der Waals surface area contributed by atoms with Crippen LogP contribution in [0.5, 0.6) is 5.75 Å². The zero-order chi connectivity index (χ0) is 10.6. The Morgan fingerprint density at radius 1 is 1.29 bits per heavy atom. The second-order valence-electron chi connectivity index (χ2n) is 3.98. The average molecular weight is 193 g/mol. The van der Waals surface area contributed by atoms with Gasteiger partial charge in [-0.15, -0.1) is 0 Å². The van der Waals surface area contributed by atoms with Crippen molar-refractivity contribution in [3.8, 4) is 5.75 Å². The van der Waals surface area contributed by atoms with Gasteiger partial charge in [0.2, 0.25) is 0 Å². The van der Waals surface area contributed by atoms with Gasteiger partial charge in [-0.1, -0.05) is 32.0 Å². The van der Waals surface area contributed by atoms with Crippen LogP contribution in [0, 0.1) is 12.8 Å². The van der Waals surface area contributed by atoms with Crippen molar-refractivity contribution < 1.29 is 4.74 Å². The molecule has 2 N–H and O–H groups in total. The highest BCUT2D eigenvalue weighted by molar-refractivity contribution is 5.31. The van der Waals surface area contributed by atoms with Crippen LogP contribution in [-0.4, -0.2) is 12.6 Å². The molecule has 1 aromatic rings. The van der Waals surface area contributed by atoms with E-state index >= 15 is 0 Å². The fourth-order valence-corrected chi connectivity index (χ4v) is 1.10. The van der Waals surface area contributed by atoms with E-state index in [4.69, 9.17) is 10.5 Å². The van der Waals surface area contributed by atoms with Crippen molar-refractivity contribution in [2.24, 2.45) is 11.7 Å². The van der Waals surface area contributed by atoms with E-state index < -0.39 is 0 Å². The van der Waals surface area contributed by atoms with Crippen molar-refractivity contribution in [2.45, 2.75) is 26.8 Å². The van der Waals surface area contributed by atoms with Crippen LogP contribution < -0.4 is 10.5 Å². The van der Waals surface area contributed by atoms with Gasteiger partial charge in [-0.05, 0) is 24.5 Å². The van der Waals surface area contributed by atoms with Crippen molar-refractivity contribution >= 4 is 0 Å². The van der Waals surface area contributed by atoms with Crippen LogP contribution in [0.15, 0.2) is 24.3 Å². The van der Waals surface area contributed by atoms with Gasteiger partial charge in [-0.2, -0.15) is 0 Å². The summed E-state index contributed by atoms with van der Waals surface area (Å²) in [6, 6.07) is 8.10. The van der Waals surface area contributed by atoms with Crippen molar-refractivity contribution in [2.75, 3.05) is 6.61 Å². The first-order valence-corrected chi connectivity index (χ1v) is 5.05. The van der Waals surface area contributed by atoms with Gasteiger partial charge in [0.15, 0.2) is 0 Å². The van der Waals surface area contributed by atoms with Gasteiger partial charge in [0.1, 0.15) is 12.4 Å². The molecule has 1 rings (SSSR count). The molecule has 0 bridgehead atoms. The summed E-state index contributed by atoms with van der Waals surface area (Å²) in [5, 5.41) is 0. The normalized spacial score (nSPS) is 12.9. The number of para-hydroxylation sites is 1. The molecule has 0 aliphatic carbocycles. The van der Waals surface area contributed by atoms with Crippen LogP contribution in [0.1, 0.15) is 19.4 Å². The molecular weight excluding hydrogens is 174 g/mol. The van der Waals surface area contributed by atoms with Gasteiger partial charge < -0.3 is 10.5 Å². The first kappa shape index (κ1) is 11.1. The molecule has 0 aliphatic rings. The third kappa shape index (κ3) is 3.04. The summed E-state index contributed by atoms with van der Waals surface area (Å²) in [5.74, 6) is 1.39. The number of nitrogens with two attached hydrogens (primary N) is 1. The summed E-state index contributed by atoms with van der Waals surface area (Å²) in [6.45, 7) is 6.83. The highest BCUT2D eigenvalue weighted by Crippen LogP contribution is 2.16. The summed E-state index contributed by atoms with van der Waals surface area (Å²) in [5.41, 5.74) is 7.05. The largest absolute Gasteiger partial charge is 0.492 e. The molecule has 0 aliphatic heterocycles. The third-order valence-electron chi connectivity index (χ3n) is 2.38. The Morgan fingerprint density at radius 2 is 1.93 bits per heavy atom. The van der Waals surface area contributed by atoms with Gasteiger partial charge in [0.05, 0.1) is 0 Å². The van der Waals surface area contributed by atoms with Gasteiger partial charge in [0.25, 0.3) is 0 Å². The van der Waals surface area contributed by atoms with Gasteiger partial charge in [0, 0.05) is 6.04 Å². The first-order valence-electron chi connectivity index (χ1n) is 5.05. The maximum atomic E-state index is 5.89. The smallest absolute Gasteiger partial charge is 0.122 e. The molecule has 0 saturated carbocycles. The number of hydrogen-bond acceptors (Lipinski definition) is 2. The fourth-order valence-electron chi connectivity index (χ4n) is 1.10. The van der Waals surface area contributed by atoms with Gasteiger partial charge >= 0.3 is 0 Å². The van der Waals surface area contributed by atoms with Crippen molar-refractivity contribution in [3.05, 3.63) is 29.8 Å². The molecule has 14 heavy (non-hydrogen) atoms. The fraction of sp³-hybridized carbons (Fsp3) is 0.500. The summed E-state index contributed by atoms with van der Waals surface area (Å²) >= 11 is 0. The minimum Gasteiger partial charge on any atom is -0.492 e. The number of benzene rings is 1. The molecule has 0 amide bonds. The molecule has 0 radical (unpaired) electrons. The Balaban J connectivity index is 2.50. The molecule has 2 heteroatoms. The van der Waals surface area contributed by atoms with Crippen molar-refractivity contribution in [1.82, 2.24) is 0 Å². The van der Waals surface area contributed by atoms with Gasteiger partial charge in [-0.25, -0.2) is 0 Å². The molecule has 0 aromatic heterocycles. The minimum absolute atomic E-state index is 0.106. The molecule has 2 nitrogen and oxygen atoms in total. The van der Waals surface area contributed by atoms with E-state index in [1.54, 1.807) is 0 Å². The maximum Gasteiger partial charge on any atom is 0.122 e. The van der Waals surface area contributed by atoms with Crippen molar-refractivity contribution in [3.63, 3.8) is 0 Å². The zero-order valence-electron chi connectivity index (χ0n) is 9.16. The lowest BCUT2D eigenvalue weighted by molar-refractivity contribution is 0.258. The lowest BCUT2D eigenvalue weighted by Crippen LogP contribution is -2.33. The summed E-state index contributed by atoms with van der Waals surface area (Å²) < 4.78 is 5.63. The number of ether oxygens (including phenoxy) is 1. The second kappa shape index (κ2) is 5.01. The van der Waals surface area contributed by atoms with Crippen LogP contribution in [0.4, 0.5) is 0 Å². The monoisotopic (exact) mass is 193 g/mol. The van der Waals surface area contributed by atoms with Gasteiger partial charge in [-0.3, -0.25) is 0 Å². The second-order valence-corrected chi connectivity index (χ2v) is 3.98. The minimum atomic E-state index is 0.106. The molecular formula is C12H19NO. The van der Waals surface area contributed by atoms with E-state index in [1.807, 2.05) is 31.2 Å². The van der Waals surface area contributed by atoms with E-state index in [0.717, 1.165) is 11.3 Å². The predicted octanol–water partition coefficient (Wildman–Crippen LogP) is 2.36. The molecule has 78 valence electrons. The number of rotatable bonds is 4. The summed E-state index contributed by atoms with van der Waals surface area (Å²) in [4.78, 5) is 0. The number of aryl methyl sites for hydroxylation is 1. The van der Waals surface area contributed by atoms with E-state index in [0.29, 0.717) is 12.5 Å². The van der Waals surface area contributed by atoms with E-state index in [-0.39, 0.29) is 6.04 Å². The SMILES string of the molecule is Cc1ccccc1OC[C@H](N)C(C)C. The molecule has 1 atom stereocenters. The highest BCUT2D eigenvalue weighted by atomic mass is 16.5. The molecule has 0 heterocycles. The molecule has 0 unspecified atom stereocenters. The standard InChI is InChI=1S/C12H19NO/c1-9(2)11(13)8-14-12-7-5-4-6-10(12)3/h4-7,9,11H,8,13H2,1-3H3/t11-/m0/s1.